The van der Waals surface area contributed by atoms with Gasteiger partial charge in [0.05, 0.1) is 16.5 Å². The van der Waals surface area contributed by atoms with Crippen molar-refractivity contribution in [3.05, 3.63) is 65.2 Å². The molecule has 2 rings (SSSR count). The first-order valence-corrected chi connectivity index (χ1v) is 11.4. The number of benzene rings is 2. The Morgan fingerprint density at radius 3 is 2.32 bits per heavy atom. The van der Waals surface area contributed by atoms with E-state index in [1.165, 1.54) is 6.07 Å². The van der Waals surface area contributed by atoms with Crippen LogP contribution in [0, 0.1) is 0 Å². The molecule has 0 bridgehead atoms. The van der Waals surface area contributed by atoms with Gasteiger partial charge in [-0.25, -0.2) is 8.42 Å². The maximum atomic E-state index is 12.9. The quantitative estimate of drug-likeness (QED) is 0.291. The van der Waals surface area contributed by atoms with E-state index in [0.717, 1.165) is 24.0 Å². The second-order valence-corrected chi connectivity index (χ2v) is 8.93. The van der Waals surface area contributed by atoms with Crippen molar-refractivity contribution in [2.24, 2.45) is 4.99 Å². The van der Waals surface area contributed by atoms with E-state index in [-0.39, 0.29) is 34.9 Å². The van der Waals surface area contributed by atoms with Gasteiger partial charge >= 0.3 is 6.18 Å². The molecule has 172 valence electrons. The first-order valence-electron chi connectivity index (χ1n) is 9.51. The molecule has 31 heavy (non-hydrogen) atoms. The molecule has 10 heteroatoms. The van der Waals surface area contributed by atoms with E-state index in [4.69, 9.17) is 0 Å². The molecule has 0 spiro atoms. The number of sulfone groups is 1. The number of alkyl halides is 3. The fourth-order valence-electron chi connectivity index (χ4n) is 2.79. The zero-order valence-corrected chi connectivity index (χ0v) is 20.7. The van der Waals surface area contributed by atoms with Gasteiger partial charge in [-0.15, -0.1) is 24.0 Å². The fourth-order valence-corrected chi connectivity index (χ4v) is 3.42. The predicted octanol–water partition coefficient (Wildman–Crippen LogP) is 4.59. The van der Waals surface area contributed by atoms with Crippen molar-refractivity contribution in [1.82, 2.24) is 10.6 Å². The molecule has 1 atom stereocenters. The molecule has 0 fully saturated rings. The third-order valence-corrected chi connectivity index (χ3v) is 5.56. The molecule has 2 N–H and O–H groups in total. The third-order valence-electron chi connectivity index (χ3n) is 4.43. The van der Waals surface area contributed by atoms with E-state index in [2.05, 4.69) is 15.6 Å². The fraction of sp³-hybridized carbons (Fsp3) is 0.381. The highest BCUT2D eigenvalue weighted by atomic mass is 127. The van der Waals surface area contributed by atoms with Gasteiger partial charge in [-0.1, -0.05) is 24.3 Å². The van der Waals surface area contributed by atoms with Crippen molar-refractivity contribution < 1.29 is 21.6 Å². The average Bonchev–Trinajstić information content (AvgIpc) is 2.67. The van der Waals surface area contributed by atoms with Gasteiger partial charge in [-0.2, -0.15) is 13.2 Å². The number of nitrogens with one attached hydrogen (secondary N) is 2. The Hall–Kier alpha value is -1.82. The summed E-state index contributed by atoms with van der Waals surface area (Å²) < 4.78 is 61.9. The topological polar surface area (TPSA) is 70.6 Å². The summed E-state index contributed by atoms with van der Waals surface area (Å²) in [4.78, 5) is 4.73. The Morgan fingerprint density at radius 2 is 1.77 bits per heavy atom. The van der Waals surface area contributed by atoms with Gasteiger partial charge in [-0.3, -0.25) is 4.99 Å². The third kappa shape index (κ3) is 8.68. The zero-order chi connectivity index (χ0) is 22.4. The van der Waals surface area contributed by atoms with Crippen molar-refractivity contribution >= 4 is 39.8 Å². The predicted molar refractivity (Wildman–Crippen MR) is 128 cm³/mol. The normalized spacial score (nSPS) is 13.3. The molecule has 0 aliphatic rings. The number of nitrogens with zero attached hydrogens (tertiary/aromatic N) is 1. The SMILES string of the molecule is CCNC(=NCCc1ccc(S(C)(=O)=O)cc1)NC(C)c1cccc(C(F)(F)F)c1.I. The molecular formula is C21H27F3IN3O2S. The van der Waals surface area contributed by atoms with Crippen LogP contribution in [0.1, 0.15) is 36.6 Å². The summed E-state index contributed by atoms with van der Waals surface area (Å²) in [6.45, 7) is 4.70. The largest absolute Gasteiger partial charge is 0.416 e. The van der Waals surface area contributed by atoms with Crippen LogP contribution in [0.5, 0.6) is 0 Å². The average molecular weight is 569 g/mol. The summed E-state index contributed by atoms with van der Waals surface area (Å²) in [5, 5.41) is 6.20. The van der Waals surface area contributed by atoms with Crippen molar-refractivity contribution in [2.75, 3.05) is 19.3 Å². The molecule has 0 heterocycles. The summed E-state index contributed by atoms with van der Waals surface area (Å²) in [6.07, 6.45) is -2.63. The second kappa shape index (κ2) is 11.7. The molecule has 0 amide bonds. The molecule has 2 aromatic carbocycles. The van der Waals surface area contributed by atoms with Gasteiger partial charge in [-0.05, 0) is 55.7 Å². The van der Waals surface area contributed by atoms with E-state index in [1.807, 2.05) is 6.92 Å². The number of halogens is 4. The number of hydrogen-bond acceptors (Lipinski definition) is 3. The van der Waals surface area contributed by atoms with E-state index < -0.39 is 21.6 Å². The molecular weight excluding hydrogens is 542 g/mol. The molecule has 5 nitrogen and oxygen atoms in total. The van der Waals surface area contributed by atoms with Crippen LogP contribution in [0.3, 0.4) is 0 Å². The molecule has 1 unspecified atom stereocenters. The molecule has 0 aromatic heterocycles. The van der Waals surface area contributed by atoms with Gasteiger partial charge in [0.15, 0.2) is 15.8 Å². The molecule has 0 aliphatic carbocycles. The summed E-state index contributed by atoms with van der Waals surface area (Å²) in [5.74, 6) is 0.496. The summed E-state index contributed by atoms with van der Waals surface area (Å²) in [7, 11) is -3.23. The maximum absolute atomic E-state index is 12.9. The molecule has 0 saturated heterocycles. The minimum absolute atomic E-state index is 0. The Balaban J connectivity index is 0.00000480. The van der Waals surface area contributed by atoms with Gasteiger partial charge in [0.25, 0.3) is 0 Å². The van der Waals surface area contributed by atoms with E-state index in [0.29, 0.717) is 31.0 Å². The van der Waals surface area contributed by atoms with Gasteiger partial charge in [0.2, 0.25) is 0 Å². The highest BCUT2D eigenvalue weighted by Crippen LogP contribution is 2.30. The number of hydrogen-bond donors (Lipinski definition) is 2. The smallest absolute Gasteiger partial charge is 0.357 e. The number of aliphatic imine (C=N–C) groups is 1. The van der Waals surface area contributed by atoms with Crippen LogP contribution in [-0.2, 0) is 22.4 Å². The summed E-state index contributed by atoms with van der Waals surface area (Å²) >= 11 is 0. The van der Waals surface area contributed by atoms with Crippen molar-refractivity contribution in [3.8, 4) is 0 Å². The monoisotopic (exact) mass is 569 g/mol. The van der Waals surface area contributed by atoms with Crippen molar-refractivity contribution in [3.63, 3.8) is 0 Å². The summed E-state index contributed by atoms with van der Waals surface area (Å²) in [5.41, 5.74) is 0.757. The Bertz CT molecular complexity index is 978. The highest BCUT2D eigenvalue weighted by molar-refractivity contribution is 14.0. The summed E-state index contributed by atoms with van der Waals surface area (Å²) in [6, 6.07) is 11.4. The van der Waals surface area contributed by atoms with E-state index >= 15 is 0 Å². The van der Waals surface area contributed by atoms with Crippen molar-refractivity contribution in [1.29, 1.82) is 0 Å². The molecule has 0 radical (unpaired) electrons. The van der Waals surface area contributed by atoms with Crippen LogP contribution < -0.4 is 10.6 Å². The number of guanidine groups is 1. The molecule has 2 aromatic rings. The van der Waals surface area contributed by atoms with Crippen LogP contribution in [0.25, 0.3) is 0 Å². The van der Waals surface area contributed by atoms with Gasteiger partial charge in [0, 0.05) is 19.3 Å². The maximum Gasteiger partial charge on any atom is 0.416 e. The van der Waals surface area contributed by atoms with Crippen LogP contribution in [0.2, 0.25) is 0 Å². The lowest BCUT2D eigenvalue weighted by molar-refractivity contribution is -0.137. The highest BCUT2D eigenvalue weighted by Gasteiger charge is 2.30. The van der Waals surface area contributed by atoms with E-state index in [9.17, 15) is 21.6 Å². The molecule has 0 aliphatic heterocycles. The Labute approximate surface area is 198 Å². The zero-order valence-electron chi connectivity index (χ0n) is 17.5. The lowest BCUT2D eigenvalue weighted by Gasteiger charge is -2.19. The number of rotatable bonds is 7. The first kappa shape index (κ1) is 27.2. The van der Waals surface area contributed by atoms with Crippen LogP contribution in [0.15, 0.2) is 58.4 Å². The minimum atomic E-state index is -4.39. The van der Waals surface area contributed by atoms with Crippen molar-refractivity contribution in [2.45, 2.75) is 37.4 Å². The second-order valence-electron chi connectivity index (χ2n) is 6.92. The van der Waals surface area contributed by atoms with Crippen LogP contribution in [-0.4, -0.2) is 33.7 Å². The van der Waals surface area contributed by atoms with Gasteiger partial charge < -0.3 is 10.6 Å². The Kier molecular flexibility index (Phi) is 10.3. The Morgan fingerprint density at radius 1 is 1.13 bits per heavy atom. The first-order chi connectivity index (χ1) is 14.0. The lowest BCUT2D eigenvalue weighted by atomic mass is 10.1. The lowest BCUT2D eigenvalue weighted by Crippen LogP contribution is -2.39. The minimum Gasteiger partial charge on any atom is -0.357 e. The van der Waals surface area contributed by atoms with Crippen LogP contribution >= 0.6 is 24.0 Å². The van der Waals surface area contributed by atoms with E-state index in [1.54, 1.807) is 37.3 Å². The van der Waals surface area contributed by atoms with Crippen LogP contribution in [0.4, 0.5) is 13.2 Å². The van der Waals surface area contributed by atoms with Gasteiger partial charge in [0.1, 0.15) is 0 Å². The standard InChI is InChI=1S/C21H26F3N3O2S.HI/c1-4-25-20(26-13-12-16-8-10-19(11-9-16)30(3,28)29)27-15(2)17-6-5-7-18(14-17)21(22,23)24;/h5-11,14-15H,4,12-13H2,1-3H3,(H2,25,26,27);1H. The molecule has 0 saturated carbocycles.